The van der Waals surface area contributed by atoms with E-state index in [0.29, 0.717) is 23.4 Å². The first-order valence-corrected chi connectivity index (χ1v) is 7.08. The zero-order chi connectivity index (χ0) is 16.7. The molecule has 5 nitrogen and oxygen atoms in total. The highest BCUT2D eigenvalue weighted by molar-refractivity contribution is 5.88. The topological polar surface area (TPSA) is 83.9 Å². The molecule has 0 fully saturated rings. The zero-order valence-electron chi connectivity index (χ0n) is 12.8. The van der Waals surface area contributed by atoms with Crippen LogP contribution in [0.3, 0.4) is 0 Å². The molecule has 5 heteroatoms. The van der Waals surface area contributed by atoms with Crippen molar-refractivity contribution in [1.29, 1.82) is 10.5 Å². The lowest BCUT2D eigenvalue weighted by Crippen LogP contribution is -2.20. The molecule has 2 rings (SSSR count). The second-order valence-corrected chi connectivity index (χ2v) is 4.95. The van der Waals surface area contributed by atoms with Crippen molar-refractivity contribution >= 4 is 17.3 Å². The Balaban J connectivity index is 2.24. The van der Waals surface area contributed by atoms with Gasteiger partial charge in [0.05, 0.1) is 23.4 Å². The third kappa shape index (κ3) is 4.16. The Hall–Kier alpha value is -3.15. The SMILES string of the molecule is CN(CCO)c1ccc(/C=C(\C#N)c2ccc(C#N)cn2)cc1. The molecular formula is C18H16N4O. The van der Waals surface area contributed by atoms with Crippen LogP contribution in [-0.4, -0.2) is 30.3 Å². The van der Waals surface area contributed by atoms with E-state index in [1.54, 1.807) is 18.2 Å². The summed E-state index contributed by atoms with van der Waals surface area (Å²) in [6, 6.07) is 15.1. The number of anilines is 1. The van der Waals surface area contributed by atoms with Crippen LogP contribution in [0.1, 0.15) is 16.8 Å². The van der Waals surface area contributed by atoms with E-state index in [1.807, 2.05) is 42.3 Å². The number of pyridine rings is 1. The van der Waals surface area contributed by atoms with Gasteiger partial charge >= 0.3 is 0 Å². The number of hydrogen-bond donors (Lipinski definition) is 1. The summed E-state index contributed by atoms with van der Waals surface area (Å²) in [5.41, 5.74) is 3.31. The van der Waals surface area contributed by atoms with Gasteiger partial charge in [-0.05, 0) is 35.9 Å². The van der Waals surface area contributed by atoms with Gasteiger partial charge in [0, 0.05) is 25.5 Å². The molecule has 1 aromatic carbocycles. The van der Waals surface area contributed by atoms with Gasteiger partial charge < -0.3 is 10.0 Å². The van der Waals surface area contributed by atoms with E-state index in [9.17, 15) is 5.26 Å². The van der Waals surface area contributed by atoms with Gasteiger partial charge in [-0.1, -0.05) is 12.1 Å². The highest BCUT2D eigenvalue weighted by Gasteiger charge is 2.04. The summed E-state index contributed by atoms with van der Waals surface area (Å²) in [5, 5.41) is 27.1. The van der Waals surface area contributed by atoms with Gasteiger partial charge in [0.25, 0.3) is 0 Å². The minimum atomic E-state index is 0.0983. The van der Waals surface area contributed by atoms with Crippen LogP contribution in [0.15, 0.2) is 42.6 Å². The number of aliphatic hydroxyl groups excluding tert-OH is 1. The second-order valence-electron chi connectivity index (χ2n) is 4.95. The molecule has 23 heavy (non-hydrogen) atoms. The van der Waals surface area contributed by atoms with E-state index in [4.69, 9.17) is 10.4 Å². The van der Waals surface area contributed by atoms with Crippen molar-refractivity contribution in [3.63, 3.8) is 0 Å². The van der Waals surface area contributed by atoms with Gasteiger partial charge in [0.15, 0.2) is 0 Å². The predicted octanol–water partition coefficient (Wildman–Crippen LogP) is 2.45. The average Bonchev–Trinajstić information content (AvgIpc) is 2.60. The van der Waals surface area contributed by atoms with E-state index in [2.05, 4.69) is 11.1 Å². The molecule has 1 N–H and O–H groups in total. The molecule has 0 saturated heterocycles. The molecule has 0 bridgehead atoms. The second kappa shape index (κ2) is 7.74. The van der Waals surface area contributed by atoms with Crippen molar-refractivity contribution < 1.29 is 5.11 Å². The largest absolute Gasteiger partial charge is 0.395 e. The van der Waals surface area contributed by atoms with Gasteiger partial charge in [0.1, 0.15) is 12.1 Å². The van der Waals surface area contributed by atoms with Crippen LogP contribution in [0, 0.1) is 22.7 Å². The smallest absolute Gasteiger partial charge is 0.101 e. The van der Waals surface area contributed by atoms with Crippen molar-refractivity contribution in [2.75, 3.05) is 25.1 Å². The molecule has 0 radical (unpaired) electrons. The Morgan fingerprint density at radius 3 is 2.48 bits per heavy atom. The van der Waals surface area contributed by atoms with Crippen LogP contribution in [0.25, 0.3) is 11.6 Å². The van der Waals surface area contributed by atoms with E-state index in [0.717, 1.165) is 11.3 Å². The molecule has 0 aliphatic carbocycles. The Labute approximate surface area is 135 Å². The molecule has 114 valence electrons. The number of allylic oxidation sites excluding steroid dienone is 1. The number of hydrogen-bond acceptors (Lipinski definition) is 5. The van der Waals surface area contributed by atoms with Crippen LogP contribution in [0.2, 0.25) is 0 Å². The highest BCUT2D eigenvalue weighted by Crippen LogP contribution is 2.19. The van der Waals surface area contributed by atoms with E-state index >= 15 is 0 Å². The summed E-state index contributed by atoms with van der Waals surface area (Å²) in [7, 11) is 1.91. The van der Waals surface area contributed by atoms with Crippen LogP contribution in [0.4, 0.5) is 5.69 Å². The third-order valence-electron chi connectivity index (χ3n) is 3.37. The van der Waals surface area contributed by atoms with Crippen LogP contribution < -0.4 is 4.90 Å². The first-order valence-electron chi connectivity index (χ1n) is 7.08. The molecular weight excluding hydrogens is 288 g/mol. The quantitative estimate of drug-likeness (QED) is 0.858. The standard InChI is InChI=1S/C18H16N4O/c1-22(8-9-23)17-5-2-14(3-6-17)10-16(12-20)18-7-4-15(11-19)13-21-18/h2-7,10,13,23H,8-9H2,1H3/b16-10+. The Morgan fingerprint density at radius 1 is 1.22 bits per heavy atom. The Morgan fingerprint density at radius 2 is 1.96 bits per heavy atom. The number of benzene rings is 1. The van der Waals surface area contributed by atoms with Gasteiger partial charge in [-0.25, -0.2) is 0 Å². The summed E-state index contributed by atoms with van der Waals surface area (Å²) < 4.78 is 0. The van der Waals surface area contributed by atoms with Gasteiger partial charge in [-0.3, -0.25) is 4.98 Å². The minimum absolute atomic E-state index is 0.0983. The summed E-state index contributed by atoms with van der Waals surface area (Å²) in [4.78, 5) is 6.08. The molecule has 1 heterocycles. The van der Waals surface area contributed by atoms with E-state index in [1.165, 1.54) is 6.20 Å². The van der Waals surface area contributed by atoms with Crippen molar-refractivity contribution in [2.24, 2.45) is 0 Å². The van der Waals surface area contributed by atoms with Gasteiger partial charge in [-0.2, -0.15) is 10.5 Å². The number of nitriles is 2. The molecule has 0 saturated carbocycles. The minimum Gasteiger partial charge on any atom is -0.395 e. The molecule has 0 aliphatic heterocycles. The predicted molar refractivity (Wildman–Crippen MR) is 89.2 cm³/mol. The zero-order valence-corrected chi connectivity index (χ0v) is 12.8. The lowest BCUT2D eigenvalue weighted by molar-refractivity contribution is 0.304. The summed E-state index contributed by atoms with van der Waals surface area (Å²) in [6.07, 6.45) is 3.21. The molecule has 0 atom stereocenters. The first kappa shape index (κ1) is 16.2. The van der Waals surface area contributed by atoms with Gasteiger partial charge in [-0.15, -0.1) is 0 Å². The summed E-state index contributed by atoms with van der Waals surface area (Å²) in [6.45, 7) is 0.662. The van der Waals surface area contributed by atoms with Crippen molar-refractivity contribution in [1.82, 2.24) is 4.98 Å². The maximum absolute atomic E-state index is 9.32. The molecule has 0 unspecified atom stereocenters. The maximum atomic E-state index is 9.32. The normalized spacial score (nSPS) is 10.7. The average molecular weight is 304 g/mol. The number of nitrogens with zero attached hydrogens (tertiary/aromatic N) is 4. The monoisotopic (exact) mass is 304 g/mol. The maximum Gasteiger partial charge on any atom is 0.101 e. The first-order chi connectivity index (χ1) is 11.2. The number of likely N-dealkylation sites (N-methyl/N-ethyl adjacent to an activating group) is 1. The molecule has 0 amide bonds. The molecule has 2 aromatic rings. The summed E-state index contributed by atoms with van der Waals surface area (Å²) in [5.74, 6) is 0. The fraction of sp³-hybridized carbons (Fsp3) is 0.167. The number of aromatic nitrogens is 1. The fourth-order valence-corrected chi connectivity index (χ4v) is 2.05. The van der Waals surface area contributed by atoms with Crippen molar-refractivity contribution in [3.05, 3.63) is 59.4 Å². The van der Waals surface area contributed by atoms with E-state index in [-0.39, 0.29) is 6.61 Å². The third-order valence-corrected chi connectivity index (χ3v) is 3.37. The Kier molecular flexibility index (Phi) is 5.46. The molecule has 1 aromatic heterocycles. The highest BCUT2D eigenvalue weighted by atomic mass is 16.3. The van der Waals surface area contributed by atoms with Crippen molar-refractivity contribution in [3.8, 4) is 12.1 Å². The van der Waals surface area contributed by atoms with Gasteiger partial charge in [0.2, 0.25) is 0 Å². The fourth-order valence-electron chi connectivity index (χ4n) is 2.05. The lowest BCUT2D eigenvalue weighted by Gasteiger charge is -2.17. The number of rotatable bonds is 5. The summed E-state index contributed by atoms with van der Waals surface area (Å²) >= 11 is 0. The lowest BCUT2D eigenvalue weighted by atomic mass is 10.1. The van der Waals surface area contributed by atoms with Crippen molar-refractivity contribution in [2.45, 2.75) is 0 Å². The molecule has 0 spiro atoms. The van der Waals surface area contributed by atoms with Crippen LogP contribution >= 0.6 is 0 Å². The van der Waals surface area contributed by atoms with Crippen LogP contribution in [0.5, 0.6) is 0 Å². The molecule has 0 aliphatic rings. The van der Waals surface area contributed by atoms with Crippen LogP contribution in [-0.2, 0) is 0 Å². The number of aliphatic hydroxyl groups is 1. The Bertz CT molecular complexity index is 765. The van der Waals surface area contributed by atoms with E-state index < -0.39 is 0 Å².